The van der Waals surface area contributed by atoms with E-state index < -0.39 is 29.4 Å². The fourth-order valence-electron chi connectivity index (χ4n) is 8.12. The van der Waals surface area contributed by atoms with Gasteiger partial charge in [0.25, 0.3) is 0 Å². The standard InChI is InChI=1S/C42H58N2O8S/c1-8-24-49-42-37(44(6)40(47)48-9-2)27-35(43-52-41(3,4)5)33-25-28(14-10-12-22-45)32(15-11-13-23-46)38(39(33)42)34-26-30(18-21-36(34)51-42)50-29-16-19-31(53-7)20-17-29/h8,16-21,25-26,28,32,37-39,45-46H,1,9-15,22-24,27H2,2-7H3/t28-,32+,37-,38+,39+,42+/m0/s1. The van der Waals surface area contributed by atoms with Gasteiger partial charge >= 0.3 is 6.09 Å². The second kappa shape index (κ2) is 18.2. The molecule has 0 bridgehead atoms. The molecule has 6 atom stereocenters. The molecule has 0 aromatic heterocycles. The molecule has 1 amide bonds. The number of unbranched alkanes of at least 4 members (excludes halogenated alkanes) is 2. The van der Waals surface area contributed by atoms with E-state index in [4.69, 9.17) is 28.9 Å². The number of nitrogens with zero attached hydrogens (tertiary/aromatic N) is 2. The third-order valence-corrected chi connectivity index (χ3v) is 11.1. The van der Waals surface area contributed by atoms with E-state index in [2.05, 4.69) is 18.7 Å². The van der Waals surface area contributed by atoms with Gasteiger partial charge in [-0.1, -0.05) is 30.1 Å². The Morgan fingerprint density at radius 1 is 1.08 bits per heavy atom. The molecule has 2 aromatic carbocycles. The molecule has 1 aliphatic heterocycles. The average Bonchev–Trinajstić information content (AvgIpc) is 3.14. The van der Waals surface area contributed by atoms with Crippen LogP contribution in [0, 0.1) is 17.8 Å². The zero-order chi connectivity index (χ0) is 38.2. The van der Waals surface area contributed by atoms with Gasteiger partial charge in [-0.3, -0.25) is 0 Å². The maximum atomic E-state index is 13.6. The van der Waals surface area contributed by atoms with Gasteiger partial charge in [-0.2, -0.15) is 0 Å². The summed E-state index contributed by atoms with van der Waals surface area (Å²) in [7, 11) is 1.73. The molecule has 0 unspecified atom stereocenters. The van der Waals surface area contributed by atoms with Crippen LogP contribution < -0.4 is 9.47 Å². The number of aliphatic hydroxyl groups excluding tert-OH is 2. The molecule has 53 heavy (non-hydrogen) atoms. The van der Waals surface area contributed by atoms with Crippen molar-refractivity contribution in [1.82, 2.24) is 4.90 Å². The van der Waals surface area contributed by atoms with Crippen LogP contribution >= 0.6 is 11.8 Å². The molecule has 11 heteroatoms. The Kier molecular flexibility index (Phi) is 14.0. The molecular weight excluding hydrogens is 693 g/mol. The summed E-state index contributed by atoms with van der Waals surface area (Å²) >= 11 is 1.68. The molecule has 3 aliphatic rings. The number of ether oxygens (including phenoxy) is 4. The third kappa shape index (κ3) is 9.24. The Morgan fingerprint density at radius 2 is 1.77 bits per heavy atom. The molecule has 1 heterocycles. The fraction of sp³-hybridized carbons (Fsp3) is 0.571. The number of benzene rings is 2. The van der Waals surface area contributed by atoms with E-state index in [1.165, 1.54) is 0 Å². The summed E-state index contributed by atoms with van der Waals surface area (Å²) in [5.41, 5.74) is 2.16. The Balaban J connectivity index is 1.75. The highest BCUT2D eigenvalue weighted by atomic mass is 32.2. The van der Waals surface area contributed by atoms with E-state index in [9.17, 15) is 15.0 Å². The van der Waals surface area contributed by atoms with Gasteiger partial charge < -0.3 is 38.9 Å². The monoisotopic (exact) mass is 750 g/mol. The predicted molar refractivity (Wildman–Crippen MR) is 209 cm³/mol. The van der Waals surface area contributed by atoms with Gasteiger partial charge in [0.05, 0.1) is 24.8 Å². The molecule has 0 saturated heterocycles. The van der Waals surface area contributed by atoms with Crippen LogP contribution in [0.4, 0.5) is 4.79 Å². The van der Waals surface area contributed by atoms with Gasteiger partial charge in [-0.05, 0) is 120 Å². The van der Waals surface area contributed by atoms with Crippen molar-refractivity contribution in [2.75, 3.05) is 39.7 Å². The van der Waals surface area contributed by atoms with Crippen molar-refractivity contribution in [3.05, 3.63) is 72.3 Å². The lowest BCUT2D eigenvalue weighted by atomic mass is 9.55. The van der Waals surface area contributed by atoms with E-state index in [0.717, 1.165) is 53.2 Å². The number of carbonyl (C=O) groups excluding carboxylic acids is 1. The summed E-state index contributed by atoms with van der Waals surface area (Å²) < 4.78 is 26.1. The van der Waals surface area contributed by atoms with Gasteiger partial charge in [-0.15, -0.1) is 18.3 Å². The summed E-state index contributed by atoms with van der Waals surface area (Å²) in [6.45, 7) is 12.3. The van der Waals surface area contributed by atoms with Gasteiger partial charge in [0, 0.05) is 43.1 Å². The summed E-state index contributed by atoms with van der Waals surface area (Å²) in [4.78, 5) is 22.4. The molecule has 2 aliphatic carbocycles. The molecule has 5 rings (SSSR count). The quantitative estimate of drug-likeness (QED) is 0.0708. The third-order valence-electron chi connectivity index (χ3n) is 10.4. The largest absolute Gasteiger partial charge is 0.459 e. The second-order valence-corrected chi connectivity index (χ2v) is 15.9. The summed E-state index contributed by atoms with van der Waals surface area (Å²) in [5.74, 6) is 0.429. The highest BCUT2D eigenvalue weighted by Gasteiger charge is 2.65. The van der Waals surface area contributed by atoms with Crippen molar-refractivity contribution in [3.63, 3.8) is 0 Å². The number of oxime groups is 1. The van der Waals surface area contributed by atoms with Crippen LogP contribution in [-0.4, -0.2) is 84.1 Å². The minimum absolute atomic E-state index is 0.107. The number of carbonyl (C=O) groups is 1. The molecule has 10 nitrogen and oxygen atoms in total. The van der Waals surface area contributed by atoms with Crippen LogP contribution in [0.25, 0.3) is 0 Å². The maximum Gasteiger partial charge on any atom is 0.409 e. The van der Waals surface area contributed by atoms with Crippen LogP contribution in [0.3, 0.4) is 0 Å². The highest BCUT2D eigenvalue weighted by Crippen LogP contribution is 2.62. The van der Waals surface area contributed by atoms with E-state index in [1.54, 1.807) is 36.7 Å². The van der Waals surface area contributed by atoms with Crippen LogP contribution in [0.5, 0.6) is 17.2 Å². The maximum absolute atomic E-state index is 13.6. The predicted octanol–water partition coefficient (Wildman–Crippen LogP) is 8.72. The van der Waals surface area contributed by atoms with Crippen molar-refractivity contribution < 1.29 is 38.8 Å². The lowest BCUT2D eigenvalue weighted by molar-refractivity contribution is -0.253. The number of amides is 1. The Hall–Kier alpha value is -3.51. The molecule has 0 spiro atoms. The molecule has 1 saturated carbocycles. The summed E-state index contributed by atoms with van der Waals surface area (Å²) in [5, 5.41) is 24.5. The number of hydrogen-bond donors (Lipinski definition) is 2. The second-order valence-electron chi connectivity index (χ2n) is 15.1. The van der Waals surface area contributed by atoms with E-state index in [-0.39, 0.29) is 44.2 Å². The van der Waals surface area contributed by atoms with Gasteiger partial charge in [0.2, 0.25) is 5.79 Å². The first kappa shape index (κ1) is 40.7. The Morgan fingerprint density at radius 3 is 2.42 bits per heavy atom. The average molecular weight is 751 g/mol. The lowest BCUT2D eigenvalue weighted by Crippen LogP contribution is -2.69. The molecular formula is C42H58N2O8S. The van der Waals surface area contributed by atoms with Gasteiger partial charge in [0.1, 0.15) is 28.9 Å². The smallest absolute Gasteiger partial charge is 0.409 e. The summed E-state index contributed by atoms with van der Waals surface area (Å²) in [6.07, 6.45) is 10.7. The number of likely N-dealkylation sites (N-methyl/N-ethyl adjacent to an activating group) is 1. The molecule has 290 valence electrons. The Labute approximate surface area is 319 Å². The van der Waals surface area contributed by atoms with Crippen LogP contribution in [0.1, 0.15) is 84.1 Å². The fourth-order valence-corrected chi connectivity index (χ4v) is 8.52. The van der Waals surface area contributed by atoms with E-state index in [0.29, 0.717) is 30.8 Å². The molecule has 1 fully saturated rings. The minimum atomic E-state index is -1.33. The van der Waals surface area contributed by atoms with Crippen molar-refractivity contribution in [3.8, 4) is 17.2 Å². The van der Waals surface area contributed by atoms with Crippen LogP contribution in [-0.2, 0) is 14.3 Å². The van der Waals surface area contributed by atoms with Crippen molar-refractivity contribution in [1.29, 1.82) is 0 Å². The van der Waals surface area contributed by atoms with Crippen molar-refractivity contribution in [2.45, 2.75) is 101 Å². The topological polar surface area (TPSA) is 119 Å². The SMILES string of the molecule is C=CCO[C@@]12Oc3ccc(Oc4ccc(SC)cc4)cc3[C@H]3[C@H](CCCCO)[C@@H](CCCCO)C=C(C(=NOC(C)(C)C)C[C@@H]1N(C)C(=O)OCC)[C@H]32. The highest BCUT2D eigenvalue weighted by molar-refractivity contribution is 7.98. The van der Waals surface area contributed by atoms with Gasteiger partial charge in [0.15, 0.2) is 0 Å². The van der Waals surface area contributed by atoms with Gasteiger partial charge in [-0.25, -0.2) is 4.79 Å². The zero-order valence-electron chi connectivity index (χ0n) is 32.2. The van der Waals surface area contributed by atoms with Crippen LogP contribution in [0.2, 0.25) is 0 Å². The lowest BCUT2D eigenvalue weighted by Gasteiger charge is -2.59. The van der Waals surface area contributed by atoms with Crippen LogP contribution in [0.15, 0.2) is 76.8 Å². The normalized spacial score (nSPS) is 25.4. The molecule has 2 N–H and O–H groups in total. The molecule has 0 radical (unpaired) electrons. The van der Waals surface area contributed by atoms with E-state index in [1.807, 2.05) is 63.4 Å². The number of aliphatic hydroxyl groups is 2. The number of thioether (sulfide) groups is 1. The number of rotatable bonds is 17. The zero-order valence-corrected chi connectivity index (χ0v) is 33.0. The first-order valence-corrected chi connectivity index (χ1v) is 20.2. The molecule has 2 aromatic rings. The first-order valence-electron chi connectivity index (χ1n) is 19.0. The summed E-state index contributed by atoms with van der Waals surface area (Å²) in [6, 6.07) is 13.4. The van der Waals surface area contributed by atoms with Crippen molar-refractivity contribution >= 4 is 23.6 Å². The minimum Gasteiger partial charge on any atom is -0.459 e. The number of fused-ring (bicyclic) bond motifs is 2. The number of hydrogen-bond acceptors (Lipinski definition) is 10. The number of allylic oxidation sites excluding steroid dienone is 1. The first-order chi connectivity index (χ1) is 25.5. The van der Waals surface area contributed by atoms with Crippen molar-refractivity contribution in [2.24, 2.45) is 22.9 Å². The Bertz CT molecular complexity index is 1600. The van der Waals surface area contributed by atoms with E-state index >= 15 is 0 Å².